The highest BCUT2D eigenvalue weighted by atomic mass is 32.2. The maximum atomic E-state index is 13.6. The zero-order valence-corrected chi connectivity index (χ0v) is 17.4. The van der Waals surface area contributed by atoms with E-state index in [2.05, 4.69) is 22.4 Å². The number of aryl methyl sites for hydroxylation is 1. The lowest BCUT2D eigenvalue weighted by molar-refractivity contribution is -0.113. The first-order chi connectivity index (χ1) is 14.0. The summed E-state index contributed by atoms with van der Waals surface area (Å²) in [5.74, 6) is 0.723. The number of rotatable bonds is 8. The molecule has 0 saturated carbocycles. The highest BCUT2D eigenvalue weighted by molar-refractivity contribution is 7.99. The van der Waals surface area contributed by atoms with Gasteiger partial charge in [-0.05, 0) is 43.2 Å². The van der Waals surface area contributed by atoms with Crippen LogP contribution in [0.2, 0.25) is 0 Å². The first-order valence-corrected chi connectivity index (χ1v) is 10.3. The zero-order valence-electron chi connectivity index (χ0n) is 16.6. The van der Waals surface area contributed by atoms with E-state index in [4.69, 9.17) is 4.74 Å². The topological polar surface area (TPSA) is 69.0 Å². The fourth-order valence-corrected chi connectivity index (χ4v) is 3.46. The number of hydrogen-bond donors (Lipinski definition) is 1. The van der Waals surface area contributed by atoms with Crippen LogP contribution >= 0.6 is 11.8 Å². The summed E-state index contributed by atoms with van der Waals surface area (Å²) in [6, 6.07) is 14.0. The number of benzene rings is 2. The lowest BCUT2D eigenvalue weighted by atomic mass is 10.2. The van der Waals surface area contributed by atoms with E-state index in [1.54, 1.807) is 16.7 Å². The van der Waals surface area contributed by atoms with Gasteiger partial charge in [0.1, 0.15) is 11.6 Å². The van der Waals surface area contributed by atoms with Crippen molar-refractivity contribution in [3.05, 3.63) is 65.7 Å². The Balaban J connectivity index is 1.58. The van der Waals surface area contributed by atoms with E-state index >= 15 is 0 Å². The summed E-state index contributed by atoms with van der Waals surface area (Å²) in [4.78, 5) is 12.1. The molecule has 3 aromatic rings. The molecule has 0 aliphatic carbocycles. The molecule has 6 nitrogen and oxygen atoms in total. The quantitative estimate of drug-likeness (QED) is 0.554. The Labute approximate surface area is 173 Å². The van der Waals surface area contributed by atoms with Crippen molar-refractivity contribution in [3.63, 3.8) is 0 Å². The van der Waals surface area contributed by atoms with Gasteiger partial charge in [-0.25, -0.2) is 4.39 Å². The number of carbonyl (C=O) groups is 1. The van der Waals surface area contributed by atoms with Gasteiger partial charge < -0.3 is 14.6 Å². The molecule has 0 radical (unpaired) electrons. The Morgan fingerprint density at radius 2 is 1.93 bits per heavy atom. The predicted octanol–water partition coefficient (Wildman–Crippen LogP) is 4.39. The Bertz CT molecular complexity index is 975. The molecule has 1 aromatic heterocycles. The molecule has 1 N–H and O–H groups in total. The van der Waals surface area contributed by atoms with E-state index in [9.17, 15) is 9.18 Å². The van der Waals surface area contributed by atoms with Gasteiger partial charge in [-0.1, -0.05) is 43.0 Å². The highest BCUT2D eigenvalue weighted by Gasteiger charge is 2.18. The molecule has 1 amide bonds. The van der Waals surface area contributed by atoms with Crippen molar-refractivity contribution in [2.45, 2.75) is 31.5 Å². The summed E-state index contributed by atoms with van der Waals surface area (Å²) in [6.07, 6.45) is 0.672. The summed E-state index contributed by atoms with van der Waals surface area (Å²) < 4.78 is 21.4. The molecule has 3 rings (SSSR count). The lowest BCUT2D eigenvalue weighted by Crippen LogP contribution is -2.15. The van der Waals surface area contributed by atoms with Crippen LogP contribution in [-0.4, -0.2) is 26.4 Å². The van der Waals surface area contributed by atoms with Crippen LogP contribution in [0.5, 0.6) is 5.75 Å². The van der Waals surface area contributed by atoms with Crippen molar-refractivity contribution < 1.29 is 13.9 Å². The number of nitrogens with zero attached hydrogens (tertiary/aromatic N) is 3. The van der Waals surface area contributed by atoms with Gasteiger partial charge in [0, 0.05) is 7.05 Å². The largest absolute Gasteiger partial charge is 0.483 e. The number of amides is 1. The summed E-state index contributed by atoms with van der Waals surface area (Å²) >= 11 is 1.23. The standard InChI is InChI=1S/C21H23FN4O2S/c1-4-15-9-11-16(12-10-15)28-14(2)20-24-25-21(26(20)3)29-13-19(27)23-18-8-6-5-7-17(18)22/h5-12,14H,4,13H2,1-3H3,(H,23,27). The van der Waals surface area contributed by atoms with E-state index in [0.717, 1.165) is 12.2 Å². The fraction of sp³-hybridized carbons (Fsp3) is 0.286. The van der Waals surface area contributed by atoms with Crippen LogP contribution in [0.25, 0.3) is 0 Å². The maximum absolute atomic E-state index is 13.6. The smallest absolute Gasteiger partial charge is 0.234 e. The number of ether oxygens (including phenoxy) is 1. The Morgan fingerprint density at radius 1 is 1.21 bits per heavy atom. The summed E-state index contributed by atoms with van der Waals surface area (Å²) in [7, 11) is 1.83. The summed E-state index contributed by atoms with van der Waals surface area (Å²) in [6.45, 7) is 4.00. The highest BCUT2D eigenvalue weighted by Crippen LogP contribution is 2.24. The van der Waals surface area contributed by atoms with Crippen molar-refractivity contribution in [1.29, 1.82) is 0 Å². The van der Waals surface area contributed by atoms with Gasteiger partial charge in [0.25, 0.3) is 0 Å². The van der Waals surface area contributed by atoms with Crippen LogP contribution in [0, 0.1) is 5.82 Å². The first kappa shape index (κ1) is 20.9. The van der Waals surface area contributed by atoms with Crippen LogP contribution in [0.4, 0.5) is 10.1 Å². The summed E-state index contributed by atoms with van der Waals surface area (Å²) in [5.41, 5.74) is 1.41. The molecular formula is C21H23FN4O2S. The molecule has 29 heavy (non-hydrogen) atoms. The molecule has 1 heterocycles. The van der Waals surface area contributed by atoms with Crippen molar-refractivity contribution in [1.82, 2.24) is 14.8 Å². The number of nitrogens with one attached hydrogen (secondary N) is 1. The van der Waals surface area contributed by atoms with E-state index in [1.807, 2.05) is 38.2 Å². The third kappa shape index (κ3) is 5.35. The number of halogens is 1. The number of aromatic nitrogens is 3. The second-order valence-electron chi connectivity index (χ2n) is 6.47. The van der Waals surface area contributed by atoms with Crippen molar-refractivity contribution >= 4 is 23.4 Å². The third-order valence-corrected chi connectivity index (χ3v) is 5.38. The molecule has 0 aliphatic rings. The van der Waals surface area contributed by atoms with Crippen LogP contribution in [0.1, 0.15) is 31.3 Å². The Kier molecular flexibility index (Phi) is 6.87. The Hall–Kier alpha value is -2.87. The minimum absolute atomic E-state index is 0.0913. The lowest BCUT2D eigenvalue weighted by Gasteiger charge is -2.14. The average Bonchev–Trinajstić information content (AvgIpc) is 3.09. The SMILES string of the molecule is CCc1ccc(OC(C)c2nnc(SCC(=O)Nc3ccccc3F)n2C)cc1. The van der Waals surface area contributed by atoms with Gasteiger partial charge in [0.05, 0.1) is 11.4 Å². The number of para-hydroxylation sites is 1. The predicted molar refractivity (Wildman–Crippen MR) is 112 cm³/mol. The minimum Gasteiger partial charge on any atom is -0.483 e. The van der Waals surface area contributed by atoms with Crippen LogP contribution in [0.15, 0.2) is 53.7 Å². The molecule has 2 aromatic carbocycles. The van der Waals surface area contributed by atoms with E-state index < -0.39 is 5.82 Å². The zero-order chi connectivity index (χ0) is 20.8. The van der Waals surface area contributed by atoms with E-state index in [0.29, 0.717) is 11.0 Å². The van der Waals surface area contributed by atoms with Crippen LogP contribution < -0.4 is 10.1 Å². The molecule has 0 saturated heterocycles. The van der Waals surface area contributed by atoms with Gasteiger partial charge >= 0.3 is 0 Å². The normalized spacial score (nSPS) is 11.9. The third-order valence-electron chi connectivity index (χ3n) is 4.36. The van der Waals surface area contributed by atoms with Gasteiger partial charge in [0.15, 0.2) is 17.1 Å². The van der Waals surface area contributed by atoms with Crippen LogP contribution in [-0.2, 0) is 18.3 Å². The first-order valence-electron chi connectivity index (χ1n) is 9.30. The van der Waals surface area contributed by atoms with Crippen LogP contribution in [0.3, 0.4) is 0 Å². The second kappa shape index (κ2) is 9.56. The number of carbonyl (C=O) groups excluding carboxylic acids is 1. The monoisotopic (exact) mass is 414 g/mol. The summed E-state index contributed by atoms with van der Waals surface area (Å²) in [5, 5.41) is 11.5. The molecule has 152 valence electrons. The second-order valence-corrected chi connectivity index (χ2v) is 7.42. The molecule has 1 atom stereocenters. The van der Waals surface area contributed by atoms with E-state index in [1.165, 1.54) is 29.5 Å². The fourth-order valence-electron chi connectivity index (χ4n) is 2.75. The number of thioether (sulfide) groups is 1. The molecule has 0 aliphatic heterocycles. The Morgan fingerprint density at radius 3 is 2.62 bits per heavy atom. The molecule has 0 bridgehead atoms. The maximum Gasteiger partial charge on any atom is 0.234 e. The molecule has 8 heteroatoms. The minimum atomic E-state index is -0.468. The number of hydrogen-bond acceptors (Lipinski definition) is 5. The van der Waals surface area contributed by atoms with Crippen molar-refractivity contribution in [2.75, 3.05) is 11.1 Å². The van der Waals surface area contributed by atoms with E-state index in [-0.39, 0.29) is 23.5 Å². The average molecular weight is 415 g/mol. The van der Waals surface area contributed by atoms with Gasteiger partial charge in [-0.3, -0.25) is 4.79 Å². The van der Waals surface area contributed by atoms with Gasteiger partial charge in [-0.2, -0.15) is 0 Å². The van der Waals surface area contributed by atoms with Gasteiger partial charge in [-0.15, -0.1) is 10.2 Å². The van der Waals surface area contributed by atoms with Gasteiger partial charge in [0.2, 0.25) is 5.91 Å². The molecular weight excluding hydrogens is 391 g/mol. The molecule has 0 spiro atoms. The van der Waals surface area contributed by atoms with Crippen molar-refractivity contribution in [3.8, 4) is 5.75 Å². The molecule has 1 unspecified atom stereocenters. The number of anilines is 1. The van der Waals surface area contributed by atoms with Crippen molar-refractivity contribution in [2.24, 2.45) is 7.05 Å². The molecule has 0 fully saturated rings.